The maximum atomic E-state index is 4.36. The molecule has 3 heteroatoms. The lowest BCUT2D eigenvalue weighted by atomic mass is 10.1. The van der Waals surface area contributed by atoms with Crippen molar-refractivity contribution in [1.29, 1.82) is 0 Å². The summed E-state index contributed by atoms with van der Waals surface area (Å²) in [5.41, 5.74) is 3.55. The smallest absolute Gasteiger partial charge is 0.0379 e. The molecule has 76 valence electrons. The molecule has 0 aromatic carbocycles. The Morgan fingerprint density at radius 3 is 2.50 bits per heavy atom. The molecule has 0 spiro atoms. The van der Waals surface area contributed by atoms with Gasteiger partial charge in [-0.1, -0.05) is 0 Å². The molecule has 1 fully saturated rings. The quantitative estimate of drug-likeness (QED) is 0.740. The van der Waals surface area contributed by atoms with E-state index in [0.29, 0.717) is 6.04 Å². The third kappa shape index (κ3) is 2.30. The molecule has 2 heterocycles. The minimum absolute atomic E-state index is 0.656. The van der Waals surface area contributed by atoms with Crippen molar-refractivity contribution in [1.82, 2.24) is 15.6 Å². The van der Waals surface area contributed by atoms with Crippen LogP contribution in [0.15, 0.2) is 12.1 Å². The molecule has 0 atom stereocenters. The van der Waals surface area contributed by atoms with Gasteiger partial charge in [0.25, 0.3) is 0 Å². The largest absolute Gasteiger partial charge is 0.314 e. The van der Waals surface area contributed by atoms with E-state index in [1.807, 2.05) is 13.8 Å². The fourth-order valence-electron chi connectivity index (χ4n) is 1.72. The molecule has 1 saturated heterocycles. The van der Waals surface area contributed by atoms with Crippen molar-refractivity contribution in [3.8, 4) is 0 Å². The van der Waals surface area contributed by atoms with Gasteiger partial charge in [0.15, 0.2) is 0 Å². The van der Waals surface area contributed by atoms with Crippen molar-refractivity contribution in [2.75, 3.05) is 13.1 Å². The number of hydrogen-bond donors (Lipinski definition) is 2. The van der Waals surface area contributed by atoms with Crippen LogP contribution in [0.2, 0.25) is 0 Å². The molecule has 0 amide bonds. The Bertz CT molecular complexity index is 298. The highest BCUT2D eigenvalue weighted by Crippen LogP contribution is 2.05. The summed E-state index contributed by atoms with van der Waals surface area (Å²) in [5.74, 6) is 0. The first kappa shape index (κ1) is 9.62. The lowest BCUT2D eigenvalue weighted by molar-refractivity contribution is 0.365. The Morgan fingerprint density at radius 2 is 2.00 bits per heavy atom. The van der Waals surface area contributed by atoms with E-state index in [2.05, 4.69) is 27.8 Å². The fraction of sp³-hybridized carbons (Fsp3) is 0.545. The van der Waals surface area contributed by atoms with Gasteiger partial charge < -0.3 is 10.6 Å². The highest BCUT2D eigenvalue weighted by molar-refractivity contribution is 5.20. The number of rotatable bonds is 3. The van der Waals surface area contributed by atoms with Crippen LogP contribution in [0.1, 0.15) is 17.0 Å². The molecule has 1 aromatic heterocycles. The molecule has 0 aliphatic carbocycles. The molecule has 0 radical (unpaired) electrons. The zero-order valence-corrected chi connectivity index (χ0v) is 8.80. The lowest BCUT2D eigenvalue weighted by Crippen LogP contribution is -2.54. The van der Waals surface area contributed by atoms with Gasteiger partial charge in [-0.2, -0.15) is 0 Å². The third-order valence-corrected chi connectivity index (χ3v) is 2.52. The standard InChI is InChI=1S/C11H17N3/c1-8-3-10(4-9(2)14-8)5-13-11-6-12-7-11/h3-4,11-13H,5-7H2,1-2H3. The number of nitrogens with zero attached hydrogens (tertiary/aromatic N) is 1. The molecule has 1 aliphatic heterocycles. The van der Waals surface area contributed by atoms with E-state index in [1.54, 1.807) is 0 Å². The molecular formula is C11H17N3. The summed E-state index contributed by atoms with van der Waals surface area (Å²) in [5, 5.41) is 6.74. The van der Waals surface area contributed by atoms with Crippen molar-refractivity contribution in [3.63, 3.8) is 0 Å². The van der Waals surface area contributed by atoms with Crippen molar-refractivity contribution >= 4 is 0 Å². The summed E-state index contributed by atoms with van der Waals surface area (Å²) in [7, 11) is 0. The molecule has 14 heavy (non-hydrogen) atoms. The minimum Gasteiger partial charge on any atom is -0.314 e. The first-order valence-electron chi connectivity index (χ1n) is 5.12. The normalized spacial score (nSPS) is 16.7. The van der Waals surface area contributed by atoms with Gasteiger partial charge in [-0.05, 0) is 31.5 Å². The van der Waals surface area contributed by atoms with E-state index < -0.39 is 0 Å². The second-order valence-corrected chi connectivity index (χ2v) is 3.99. The second-order valence-electron chi connectivity index (χ2n) is 3.99. The van der Waals surface area contributed by atoms with Crippen LogP contribution in [0, 0.1) is 13.8 Å². The summed E-state index contributed by atoms with van der Waals surface area (Å²) in [6.07, 6.45) is 0. The summed E-state index contributed by atoms with van der Waals surface area (Å²) >= 11 is 0. The Kier molecular flexibility index (Phi) is 2.79. The third-order valence-electron chi connectivity index (χ3n) is 2.52. The van der Waals surface area contributed by atoms with Gasteiger partial charge in [-0.15, -0.1) is 0 Å². The molecular weight excluding hydrogens is 174 g/mol. The van der Waals surface area contributed by atoms with Gasteiger partial charge in [0, 0.05) is 37.1 Å². The second kappa shape index (κ2) is 4.07. The number of hydrogen-bond acceptors (Lipinski definition) is 3. The Morgan fingerprint density at radius 1 is 1.36 bits per heavy atom. The zero-order chi connectivity index (χ0) is 9.97. The van der Waals surface area contributed by atoms with Gasteiger partial charge in [-0.25, -0.2) is 0 Å². The summed E-state index contributed by atoms with van der Waals surface area (Å²) < 4.78 is 0. The van der Waals surface area contributed by atoms with Gasteiger partial charge in [0.05, 0.1) is 0 Å². The van der Waals surface area contributed by atoms with E-state index >= 15 is 0 Å². The zero-order valence-electron chi connectivity index (χ0n) is 8.80. The average Bonchev–Trinajstić information content (AvgIpc) is 1.99. The number of pyridine rings is 1. The van der Waals surface area contributed by atoms with Crippen LogP contribution in [0.5, 0.6) is 0 Å². The van der Waals surface area contributed by atoms with E-state index in [-0.39, 0.29) is 0 Å². The SMILES string of the molecule is Cc1cc(CNC2CNC2)cc(C)n1. The van der Waals surface area contributed by atoms with Gasteiger partial charge in [-0.3, -0.25) is 4.98 Å². The predicted molar refractivity (Wildman–Crippen MR) is 57.2 cm³/mol. The fourth-order valence-corrected chi connectivity index (χ4v) is 1.72. The average molecular weight is 191 g/mol. The van der Waals surface area contributed by atoms with Crippen LogP contribution in [-0.2, 0) is 6.54 Å². The van der Waals surface area contributed by atoms with E-state index in [9.17, 15) is 0 Å². The molecule has 2 N–H and O–H groups in total. The first-order valence-corrected chi connectivity index (χ1v) is 5.12. The predicted octanol–water partition coefficient (Wildman–Crippen LogP) is 0.760. The van der Waals surface area contributed by atoms with Gasteiger partial charge in [0.2, 0.25) is 0 Å². The van der Waals surface area contributed by atoms with Crippen LogP contribution in [0.4, 0.5) is 0 Å². The van der Waals surface area contributed by atoms with Gasteiger partial charge >= 0.3 is 0 Å². The first-order chi connectivity index (χ1) is 6.74. The molecule has 0 bridgehead atoms. The molecule has 1 aliphatic rings. The lowest BCUT2D eigenvalue weighted by Gasteiger charge is -2.28. The maximum absolute atomic E-state index is 4.36. The van der Waals surface area contributed by atoms with E-state index in [0.717, 1.165) is 31.0 Å². The molecule has 3 nitrogen and oxygen atoms in total. The summed E-state index contributed by atoms with van der Waals surface area (Å²) in [4.78, 5) is 4.36. The summed E-state index contributed by atoms with van der Waals surface area (Å²) in [6, 6.07) is 4.95. The van der Waals surface area contributed by atoms with Gasteiger partial charge in [0.1, 0.15) is 0 Å². The number of aromatic nitrogens is 1. The molecule has 0 saturated carbocycles. The van der Waals surface area contributed by atoms with Crippen molar-refractivity contribution < 1.29 is 0 Å². The maximum Gasteiger partial charge on any atom is 0.0379 e. The number of nitrogens with one attached hydrogen (secondary N) is 2. The number of aryl methyl sites for hydroxylation is 2. The van der Waals surface area contributed by atoms with Crippen LogP contribution in [0.25, 0.3) is 0 Å². The molecule has 1 aromatic rings. The van der Waals surface area contributed by atoms with Crippen molar-refractivity contribution in [2.24, 2.45) is 0 Å². The molecule has 0 unspecified atom stereocenters. The topological polar surface area (TPSA) is 37.0 Å². The van der Waals surface area contributed by atoms with Crippen molar-refractivity contribution in [3.05, 3.63) is 29.1 Å². The summed E-state index contributed by atoms with van der Waals surface area (Å²) in [6.45, 7) is 7.24. The monoisotopic (exact) mass is 191 g/mol. The van der Waals surface area contributed by atoms with Crippen LogP contribution in [-0.4, -0.2) is 24.1 Å². The van der Waals surface area contributed by atoms with Crippen LogP contribution < -0.4 is 10.6 Å². The van der Waals surface area contributed by atoms with Crippen LogP contribution in [0.3, 0.4) is 0 Å². The Hall–Kier alpha value is -0.930. The Labute approximate surface area is 84.9 Å². The highest BCUT2D eigenvalue weighted by Gasteiger charge is 2.15. The van der Waals surface area contributed by atoms with E-state index in [1.165, 1.54) is 5.56 Å². The highest BCUT2D eigenvalue weighted by atomic mass is 15.1. The van der Waals surface area contributed by atoms with Crippen molar-refractivity contribution in [2.45, 2.75) is 26.4 Å². The molecule has 2 rings (SSSR count). The van der Waals surface area contributed by atoms with E-state index in [4.69, 9.17) is 0 Å². The minimum atomic E-state index is 0.656. The Balaban J connectivity index is 1.94. The van der Waals surface area contributed by atoms with Crippen LogP contribution >= 0.6 is 0 Å².